The van der Waals surface area contributed by atoms with Crippen LogP contribution in [0.5, 0.6) is 0 Å². The summed E-state index contributed by atoms with van der Waals surface area (Å²) < 4.78 is 68.1. The fourth-order valence-electron chi connectivity index (χ4n) is 9.94. The Bertz CT molecular complexity index is 1650. The summed E-state index contributed by atoms with van der Waals surface area (Å²) in [6.07, 6.45) is 44.4. The number of esters is 4. The molecule has 0 radical (unpaired) electrons. The van der Waals surface area contributed by atoms with Gasteiger partial charge >= 0.3 is 39.5 Å². The van der Waals surface area contributed by atoms with Crippen molar-refractivity contribution >= 4 is 39.5 Å². The van der Waals surface area contributed by atoms with Gasteiger partial charge in [0.05, 0.1) is 26.4 Å². The molecule has 0 rings (SSSR count). The van der Waals surface area contributed by atoms with Crippen molar-refractivity contribution in [3.8, 4) is 0 Å². The molecule has 5 atom stereocenters. The molecular formula is C66H128O17P2. The van der Waals surface area contributed by atoms with Crippen LogP contribution in [0.1, 0.15) is 336 Å². The lowest BCUT2D eigenvalue weighted by Crippen LogP contribution is -2.30. The van der Waals surface area contributed by atoms with Crippen LogP contribution in [-0.2, 0) is 65.4 Å². The monoisotopic (exact) mass is 1250 g/mol. The van der Waals surface area contributed by atoms with E-state index in [9.17, 15) is 43.2 Å². The highest BCUT2D eigenvalue weighted by atomic mass is 31.2. The minimum absolute atomic E-state index is 0.104. The molecule has 0 aliphatic carbocycles. The van der Waals surface area contributed by atoms with Crippen LogP contribution in [-0.4, -0.2) is 96.7 Å². The zero-order valence-corrected chi connectivity index (χ0v) is 56.5. The Morgan fingerprint density at radius 3 is 0.800 bits per heavy atom. The molecule has 0 aliphatic heterocycles. The van der Waals surface area contributed by atoms with Gasteiger partial charge in [0.1, 0.15) is 19.3 Å². The molecule has 0 aromatic carbocycles. The van der Waals surface area contributed by atoms with Crippen molar-refractivity contribution in [2.45, 2.75) is 355 Å². The molecule has 19 heteroatoms. The number of unbranched alkanes of at least 4 members (excludes halogenated alkanes) is 38. The molecule has 85 heavy (non-hydrogen) atoms. The number of ether oxygens (including phenoxy) is 4. The molecule has 0 saturated carbocycles. The van der Waals surface area contributed by atoms with Gasteiger partial charge < -0.3 is 33.8 Å². The summed E-state index contributed by atoms with van der Waals surface area (Å²) in [5.41, 5.74) is 0. The molecule has 0 amide bonds. The van der Waals surface area contributed by atoms with Crippen LogP contribution in [0.25, 0.3) is 0 Å². The summed E-state index contributed by atoms with van der Waals surface area (Å²) in [6, 6.07) is 0. The van der Waals surface area contributed by atoms with E-state index in [4.69, 9.17) is 37.0 Å². The lowest BCUT2D eigenvalue weighted by Gasteiger charge is -2.21. The summed E-state index contributed by atoms with van der Waals surface area (Å²) in [6.45, 7) is 7.14. The summed E-state index contributed by atoms with van der Waals surface area (Å²) >= 11 is 0. The number of hydrogen-bond donors (Lipinski definition) is 3. The Morgan fingerprint density at radius 2 is 0.541 bits per heavy atom. The van der Waals surface area contributed by atoms with E-state index in [2.05, 4.69) is 34.6 Å². The van der Waals surface area contributed by atoms with E-state index in [1.807, 2.05) is 0 Å². The number of carbonyl (C=O) groups excluding carboxylic acids is 4. The van der Waals surface area contributed by atoms with E-state index in [1.165, 1.54) is 161 Å². The van der Waals surface area contributed by atoms with E-state index < -0.39 is 97.5 Å². The summed E-state index contributed by atoms with van der Waals surface area (Å²) in [4.78, 5) is 72.3. The third-order valence-electron chi connectivity index (χ3n) is 15.3. The Kier molecular flexibility index (Phi) is 58.3. The number of phosphoric ester groups is 2. The van der Waals surface area contributed by atoms with Gasteiger partial charge in [-0.25, -0.2) is 9.13 Å². The highest BCUT2D eigenvalue weighted by Gasteiger charge is 2.30. The molecule has 0 saturated heterocycles. The average Bonchev–Trinajstić information content (AvgIpc) is 3.47. The second-order valence-corrected chi connectivity index (χ2v) is 27.2. The minimum Gasteiger partial charge on any atom is -0.462 e. The van der Waals surface area contributed by atoms with Crippen LogP contribution in [0.3, 0.4) is 0 Å². The largest absolute Gasteiger partial charge is 0.472 e. The van der Waals surface area contributed by atoms with Gasteiger partial charge in [-0.1, -0.05) is 285 Å². The van der Waals surface area contributed by atoms with Gasteiger partial charge in [0.15, 0.2) is 12.2 Å². The Balaban J connectivity index is 5.23. The molecule has 0 aromatic heterocycles. The highest BCUT2D eigenvalue weighted by Crippen LogP contribution is 2.45. The topological polar surface area (TPSA) is 237 Å². The predicted molar refractivity (Wildman–Crippen MR) is 340 cm³/mol. The van der Waals surface area contributed by atoms with Crippen LogP contribution >= 0.6 is 15.6 Å². The molecule has 504 valence electrons. The quantitative estimate of drug-likeness (QED) is 0.0222. The molecule has 0 aromatic rings. The number of rotatable bonds is 66. The van der Waals surface area contributed by atoms with Crippen LogP contribution in [0.2, 0.25) is 0 Å². The second-order valence-electron chi connectivity index (χ2n) is 24.3. The van der Waals surface area contributed by atoms with E-state index >= 15 is 0 Å². The molecule has 17 nitrogen and oxygen atoms in total. The van der Waals surface area contributed by atoms with Crippen molar-refractivity contribution in [1.29, 1.82) is 0 Å². The molecule has 0 aliphatic rings. The standard InChI is InChI=1S/C66H128O17P2/c1-6-9-12-15-18-21-23-25-27-30-35-40-45-50-64(69)77-55-61(82-65(70)51-46-41-36-31-28-26-24-22-19-16-13-10-7-2)57-80-84(72,73)78-53-60(67)54-79-85(74,75)81-58-62(56-76-63(68)49-44-39-34-29-20-17-14-11-8-3)83-66(71)52-47-42-37-32-33-38-43-48-59(4)5/h59-62,67H,6-58H2,1-5H3,(H,72,73)(H,74,75)/t60-,61-,62-/m1/s1. The van der Waals surface area contributed by atoms with Crippen molar-refractivity contribution in [2.75, 3.05) is 39.6 Å². The number of aliphatic hydroxyl groups excluding tert-OH is 1. The van der Waals surface area contributed by atoms with Crippen LogP contribution in [0.15, 0.2) is 0 Å². The molecular weight excluding hydrogens is 1130 g/mol. The fourth-order valence-corrected chi connectivity index (χ4v) is 11.5. The molecule has 0 spiro atoms. The van der Waals surface area contributed by atoms with Crippen LogP contribution in [0.4, 0.5) is 0 Å². The molecule has 0 heterocycles. The Hall–Kier alpha value is -1.94. The zero-order chi connectivity index (χ0) is 62.8. The van der Waals surface area contributed by atoms with Crippen molar-refractivity contribution in [3.63, 3.8) is 0 Å². The summed E-state index contributed by atoms with van der Waals surface area (Å²) in [5.74, 6) is -1.43. The van der Waals surface area contributed by atoms with Crippen molar-refractivity contribution in [1.82, 2.24) is 0 Å². The first-order valence-corrected chi connectivity index (χ1v) is 37.6. The van der Waals surface area contributed by atoms with Gasteiger partial charge in [-0.3, -0.25) is 37.3 Å². The molecule has 3 N–H and O–H groups in total. The Labute approximate surface area is 517 Å². The van der Waals surface area contributed by atoms with Crippen molar-refractivity contribution in [2.24, 2.45) is 5.92 Å². The maximum absolute atomic E-state index is 13.0. The van der Waals surface area contributed by atoms with Crippen LogP contribution < -0.4 is 0 Å². The number of carbonyl (C=O) groups is 4. The first-order chi connectivity index (χ1) is 41.0. The van der Waals surface area contributed by atoms with E-state index in [-0.39, 0.29) is 25.7 Å². The van der Waals surface area contributed by atoms with Gasteiger partial charge in [0, 0.05) is 25.7 Å². The maximum atomic E-state index is 13.0. The maximum Gasteiger partial charge on any atom is 0.472 e. The van der Waals surface area contributed by atoms with Gasteiger partial charge in [-0.2, -0.15) is 0 Å². The first-order valence-electron chi connectivity index (χ1n) is 34.6. The number of hydrogen-bond acceptors (Lipinski definition) is 15. The first kappa shape index (κ1) is 83.1. The zero-order valence-electron chi connectivity index (χ0n) is 54.7. The third kappa shape index (κ3) is 60.7. The van der Waals surface area contributed by atoms with Gasteiger partial charge in [0.2, 0.25) is 0 Å². The fraction of sp³-hybridized carbons (Fsp3) is 0.939. The van der Waals surface area contributed by atoms with Gasteiger partial charge in [-0.15, -0.1) is 0 Å². The smallest absolute Gasteiger partial charge is 0.462 e. The number of phosphoric acid groups is 2. The van der Waals surface area contributed by atoms with Crippen molar-refractivity contribution in [3.05, 3.63) is 0 Å². The van der Waals surface area contributed by atoms with Gasteiger partial charge in [0.25, 0.3) is 0 Å². The molecule has 0 fully saturated rings. The lowest BCUT2D eigenvalue weighted by atomic mass is 10.0. The predicted octanol–water partition coefficient (Wildman–Crippen LogP) is 18.6. The normalized spacial score (nSPS) is 14.2. The average molecular weight is 1260 g/mol. The van der Waals surface area contributed by atoms with Gasteiger partial charge in [-0.05, 0) is 31.6 Å². The summed E-state index contributed by atoms with van der Waals surface area (Å²) in [5, 5.41) is 10.5. The third-order valence-corrected chi connectivity index (χ3v) is 17.2. The minimum atomic E-state index is -4.95. The molecule has 2 unspecified atom stereocenters. The van der Waals surface area contributed by atoms with E-state index in [0.29, 0.717) is 31.6 Å². The lowest BCUT2D eigenvalue weighted by molar-refractivity contribution is -0.161. The van der Waals surface area contributed by atoms with Crippen molar-refractivity contribution < 1.29 is 80.2 Å². The number of aliphatic hydroxyl groups is 1. The highest BCUT2D eigenvalue weighted by molar-refractivity contribution is 7.47. The SMILES string of the molecule is CCCCCCCCCCCCCCCC(=O)OC[C@H](COP(=O)(O)OC[C@@H](O)COP(=O)(O)OC[C@@H](COC(=O)CCCCCCCCCCC)OC(=O)CCCCCCCCCC(C)C)OC(=O)CCCCCCCCCCCCCCC. The van der Waals surface area contributed by atoms with Crippen LogP contribution in [0, 0.1) is 5.92 Å². The second kappa shape index (κ2) is 59.7. The van der Waals surface area contributed by atoms with E-state index in [1.54, 1.807) is 0 Å². The van der Waals surface area contributed by atoms with E-state index in [0.717, 1.165) is 89.9 Å². The summed E-state index contributed by atoms with van der Waals surface area (Å²) in [7, 11) is -9.89. The Morgan fingerprint density at radius 1 is 0.318 bits per heavy atom. The molecule has 0 bridgehead atoms.